The molecule has 0 aromatic rings. The summed E-state index contributed by atoms with van der Waals surface area (Å²) in [6.07, 6.45) is 3.70. The summed E-state index contributed by atoms with van der Waals surface area (Å²) in [7, 11) is 0. The van der Waals surface area contributed by atoms with Crippen molar-refractivity contribution in [2.24, 2.45) is 5.92 Å². The molecule has 2 saturated heterocycles. The van der Waals surface area contributed by atoms with E-state index < -0.39 is 0 Å². The molecule has 2 fully saturated rings. The first kappa shape index (κ1) is 14.0. The standard InChI is InChI=1S/C14H25NO3/c1-3-11(2)15-9-13(16)12-4-6-18-14(8-12)5-7-17-10-14/h11-12,15H,3-10H2,1-2H3. The molecule has 104 valence electrons. The van der Waals surface area contributed by atoms with E-state index in [-0.39, 0.29) is 11.5 Å². The van der Waals surface area contributed by atoms with Crippen LogP contribution in [-0.2, 0) is 14.3 Å². The lowest BCUT2D eigenvalue weighted by molar-refractivity contribution is -0.136. The molecule has 3 unspecified atom stereocenters. The molecule has 0 bridgehead atoms. The molecule has 2 rings (SSSR count). The van der Waals surface area contributed by atoms with Crippen molar-refractivity contribution in [2.45, 2.75) is 51.2 Å². The Morgan fingerprint density at radius 1 is 1.50 bits per heavy atom. The van der Waals surface area contributed by atoms with Crippen LogP contribution in [0, 0.1) is 5.92 Å². The van der Waals surface area contributed by atoms with Gasteiger partial charge in [0.25, 0.3) is 0 Å². The van der Waals surface area contributed by atoms with E-state index in [1.54, 1.807) is 0 Å². The summed E-state index contributed by atoms with van der Waals surface area (Å²) in [6, 6.07) is 0.414. The molecule has 4 nitrogen and oxygen atoms in total. The van der Waals surface area contributed by atoms with E-state index in [0.717, 1.165) is 32.3 Å². The molecule has 2 heterocycles. The lowest BCUT2D eigenvalue weighted by Crippen LogP contribution is -2.44. The van der Waals surface area contributed by atoms with Gasteiger partial charge in [-0.25, -0.2) is 0 Å². The van der Waals surface area contributed by atoms with Gasteiger partial charge in [0.05, 0.1) is 18.8 Å². The second kappa shape index (κ2) is 6.13. The molecule has 0 radical (unpaired) electrons. The van der Waals surface area contributed by atoms with Crippen molar-refractivity contribution in [3.8, 4) is 0 Å². The third-order valence-corrected chi connectivity index (χ3v) is 4.25. The third kappa shape index (κ3) is 3.31. The predicted octanol–water partition coefficient (Wildman–Crippen LogP) is 1.53. The molecular formula is C14H25NO3. The van der Waals surface area contributed by atoms with E-state index in [1.807, 2.05) is 0 Å². The molecule has 0 aromatic heterocycles. The largest absolute Gasteiger partial charge is 0.378 e. The number of carbonyl (C=O) groups is 1. The van der Waals surface area contributed by atoms with E-state index in [2.05, 4.69) is 19.2 Å². The zero-order chi connectivity index (χ0) is 13.0. The Bertz CT molecular complexity index is 287. The summed E-state index contributed by atoms with van der Waals surface area (Å²) in [5.74, 6) is 0.488. The van der Waals surface area contributed by atoms with Crippen LogP contribution in [0.3, 0.4) is 0 Å². The molecule has 0 amide bonds. The van der Waals surface area contributed by atoms with Crippen LogP contribution in [0.25, 0.3) is 0 Å². The van der Waals surface area contributed by atoms with Crippen LogP contribution in [0.4, 0.5) is 0 Å². The quantitative estimate of drug-likeness (QED) is 0.809. The van der Waals surface area contributed by atoms with Crippen LogP contribution in [0.15, 0.2) is 0 Å². The Hall–Kier alpha value is -0.450. The molecule has 18 heavy (non-hydrogen) atoms. The second-order valence-corrected chi connectivity index (χ2v) is 5.68. The smallest absolute Gasteiger partial charge is 0.149 e. The van der Waals surface area contributed by atoms with Gasteiger partial charge in [0.2, 0.25) is 0 Å². The Balaban J connectivity index is 1.82. The highest BCUT2D eigenvalue weighted by atomic mass is 16.6. The number of hydrogen-bond donors (Lipinski definition) is 1. The summed E-state index contributed by atoms with van der Waals surface area (Å²) in [4.78, 5) is 12.2. The summed E-state index contributed by atoms with van der Waals surface area (Å²) >= 11 is 0. The summed E-state index contributed by atoms with van der Waals surface area (Å²) in [6.45, 7) is 6.87. The van der Waals surface area contributed by atoms with Gasteiger partial charge in [-0.05, 0) is 26.2 Å². The van der Waals surface area contributed by atoms with Crippen LogP contribution >= 0.6 is 0 Å². The van der Waals surface area contributed by atoms with Crippen molar-refractivity contribution >= 4 is 5.78 Å². The number of ketones is 1. The Morgan fingerprint density at radius 2 is 2.33 bits per heavy atom. The minimum atomic E-state index is -0.158. The average molecular weight is 255 g/mol. The first-order chi connectivity index (χ1) is 8.65. The van der Waals surface area contributed by atoms with Gasteiger partial charge in [-0.1, -0.05) is 6.92 Å². The molecule has 4 heteroatoms. The maximum atomic E-state index is 12.2. The third-order valence-electron chi connectivity index (χ3n) is 4.25. The molecular weight excluding hydrogens is 230 g/mol. The van der Waals surface area contributed by atoms with Crippen molar-refractivity contribution in [1.82, 2.24) is 5.32 Å². The Morgan fingerprint density at radius 3 is 3.00 bits per heavy atom. The van der Waals surface area contributed by atoms with Crippen LogP contribution in [0.2, 0.25) is 0 Å². The zero-order valence-electron chi connectivity index (χ0n) is 11.5. The van der Waals surface area contributed by atoms with Crippen LogP contribution in [0.5, 0.6) is 0 Å². The molecule has 2 aliphatic heterocycles. The van der Waals surface area contributed by atoms with E-state index in [0.29, 0.717) is 31.6 Å². The second-order valence-electron chi connectivity index (χ2n) is 5.68. The fraction of sp³-hybridized carbons (Fsp3) is 0.929. The van der Waals surface area contributed by atoms with Gasteiger partial charge in [-0.15, -0.1) is 0 Å². The molecule has 0 aromatic carbocycles. The van der Waals surface area contributed by atoms with Crippen molar-refractivity contribution in [3.63, 3.8) is 0 Å². The predicted molar refractivity (Wildman–Crippen MR) is 69.6 cm³/mol. The Kier molecular flexibility index (Phi) is 4.76. The summed E-state index contributed by atoms with van der Waals surface area (Å²) in [5.41, 5.74) is -0.158. The van der Waals surface area contributed by atoms with Gasteiger partial charge in [0, 0.05) is 31.6 Å². The molecule has 1 N–H and O–H groups in total. The van der Waals surface area contributed by atoms with Gasteiger partial charge >= 0.3 is 0 Å². The minimum absolute atomic E-state index is 0.150. The van der Waals surface area contributed by atoms with Gasteiger partial charge < -0.3 is 14.8 Å². The number of nitrogens with one attached hydrogen (secondary N) is 1. The van der Waals surface area contributed by atoms with E-state index in [4.69, 9.17) is 9.47 Å². The van der Waals surface area contributed by atoms with E-state index in [9.17, 15) is 4.79 Å². The zero-order valence-corrected chi connectivity index (χ0v) is 11.5. The first-order valence-corrected chi connectivity index (χ1v) is 7.13. The van der Waals surface area contributed by atoms with Crippen LogP contribution < -0.4 is 5.32 Å². The van der Waals surface area contributed by atoms with Gasteiger partial charge in [-0.3, -0.25) is 4.79 Å². The lowest BCUT2D eigenvalue weighted by atomic mass is 9.83. The van der Waals surface area contributed by atoms with E-state index >= 15 is 0 Å². The number of hydrogen-bond acceptors (Lipinski definition) is 4. The topological polar surface area (TPSA) is 47.6 Å². The number of carbonyl (C=O) groups excluding carboxylic acids is 1. The Labute approximate surface area is 109 Å². The normalized spacial score (nSPS) is 33.8. The highest BCUT2D eigenvalue weighted by Gasteiger charge is 2.42. The maximum Gasteiger partial charge on any atom is 0.149 e. The molecule has 0 aliphatic carbocycles. The monoisotopic (exact) mass is 255 g/mol. The van der Waals surface area contributed by atoms with Crippen molar-refractivity contribution in [3.05, 3.63) is 0 Å². The lowest BCUT2D eigenvalue weighted by Gasteiger charge is -2.36. The van der Waals surface area contributed by atoms with Crippen molar-refractivity contribution in [1.29, 1.82) is 0 Å². The molecule has 0 saturated carbocycles. The minimum Gasteiger partial charge on any atom is -0.378 e. The van der Waals surface area contributed by atoms with Gasteiger partial charge in [-0.2, -0.15) is 0 Å². The SMILES string of the molecule is CCC(C)NCC(=O)C1CCOC2(CCOC2)C1. The maximum absolute atomic E-state index is 12.2. The van der Waals surface area contributed by atoms with Crippen molar-refractivity contribution in [2.75, 3.05) is 26.4 Å². The molecule has 3 atom stereocenters. The average Bonchev–Trinajstić information content (AvgIpc) is 2.83. The van der Waals surface area contributed by atoms with Gasteiger partial charge in [0.1, 0.15) is 5.78 Å². The summed E-state index contributed by atoms with van der Waals surface area (Å²) < 4.78 is 11.3. The fourth-order valence-corrected chi connectivity index (χ4v) is 2.73. The number of rotatable bonds is 5. The highest BCUT2D eigenvalue weighted by molar-refractivity contribution is 5.83. The highest BCUT2D eigenvalue weighted by Crippen LogP contribution is 2.35. The number of Topliss-reactive ketones (excluding diaryl/α,β-unsaturated/α-hetero) is 1. The van der Waals surface area contributed by atoms with Crippen LogP contribution in [-0.4, -0.2) is 43.8 Å². The molecule has 2 aliphatic rings. The fourth-order valence-electron chi connectivity index (χ4n) is 2.73. The van der Waals surface area contributed by atoms with Crippen LogP contribution in [0.1, 0.15) is 39.5 Å². The number of ether oxygens (including phenoxy) is 2. The molecule has 1 spiro atoms. The van der Waals surface area contributed by atoms with E-state index in [1.165, 1.54) is 0 Å². The van der Waals surface area contributed by atoms with Crippen molar-refractivity contribution < 1.29 is 14.3 Å². The van der Waals surface area contributed by atoms with Gasteiger partial charge in [0.15, 0.2) is 0 Å². The summed E-state index contributed by atoms with van der Waals surface area (Å²) in [5, 5.41) is 3.29. The first-order valence-electron chi connectivity index (χ1n) is 7.13.